The summed E-state index contributed by atoms with van der Waals surface area (Å²) in [5, 5.41) is 11.2. The van der Waals surface area contributed by atoms with Crippen LogP contribution in [-0.2, 0) is 19.4 Å². The number of hydrogen-bond acceptors (Lipinski definition) is 6. The smallest absolute Gasteiger partial charge is 0.219 e. The van der Waals surface area contributed by atoms with Gasteiger partial charge in [0.2, 0.25) is 10.6 Å². The van der Waals surface area contributed by atoms with E-state index in [0.29, 0.717) is 34.5 Å². The summed E-state index contributed by atoms with van der Waals surface area (Å²) in [5.41, 5.74) is 2.82. The molecule has 0 atom stereocenters. The maximum absolute atomic E-state index is 5.88. The second kappa shape index (κ2) is 7.56. The summed E-state index contributed by atoms with van der Waals surface area (Å²) in [6.07, 6.45) is 6.67. The van der Waals surface area contributed by atoms with Crippen LogP contribution >= 0.6 is 12.2 Å². The van der Waals surface area contributed by atoms with E-state index in [4.69, 9.17) is 25.8 Å². The Morgan fingerprint density at radius 1 is 1.21 bits per heavy atom. The second-order valence-corrected chi connectivity index (χ2v) is 7.15. The third kappa shape index (κ3) is 3.66. The van der Waals surface area contributed by atoms with E-state index in [1.807, 2.05) is 18.2 Å². The summed E-state index contributed by atoms with van der Waals surface area (Å²) in [6, 6.07) is 13.6. The van der Waals surface area contributed by atoms with E-state index in [9.17, 15) is 0 Å². The summed E-state index contributed by atoms with van der Waals surface area (Å²) in [7, 11) is 0. The Morgan fingerprint density at radius 2 is 2.14 bits per heavy atom. The molecule has 0 saturated carbocycles. The largest absolute Gasteiger partial charge is 0.486 e. The Hall–Kier alpha value is -3.39. The van der Waals surface area contributed by atoms with E-state index in [1.165, 1.54) is 28.6 Å². The Bertz CT molecular complexity index is 1220. The molecule has 1 aliphatic carbocycles. The first-order valence-corrected chi connectivity index (χ1v) is 9.76. The van der Waals surface area contributed by atoms with Crippen molar-refractivity contribution in [3.05, 3.63) is 76.1 Å². The third-order valence-corrected chi connectivity index (χ3v) is 5.09. The summed E-state index contributed by atoms with van der Waals surface area (Å²) in [6.45, 7) is 0.357. The van der Waals surface area contributed by atoms with Gasteiger partial charge >= 0.3 is 0 Å². The van der Waals surface area contributed by atoms with Gasteiger partial charge in [-0.1, -0.05) is 6.07 Å². The van der Waals surface area contributed by atoms with Crippen LogP contribution in [0.5, 0.6) is 5.75 Å². The average Bonchev–Trinajstić information content (AvgIpc) is 3.51. The number of furan rings is 2. The molecule has 1 N–H and O–H groups in total. The Labute approximate surface area is 171 Å². The molecule has 3 heterocycles. The van der Waals surface area contributed by atoms with E-state index < -0.39 is 0 Å². The van der Waals surface area contributed by atoms with Crippen molar-refractivity contribution in [1.82, 2.24) is 14.9 Å². The molecule has 1 aliphatic rings. The zero-order chi connectivity index (χ0) is 19.6. The van der Waals surface area contributed by atoms with Gasteiger partial charge in [-0.3, -0.25) is 0 Å². The van der Waals surface area contributed by atoms with Crippen molar-refractivity contribution in [2.24, 2.45) is 5.10 Å². The molecule has 0 aliphatic heterocycles. The molecule has 0 fully saturated rings. The fraction of sp³-hybridized carbons (Fsp3) is 0.190. The fourth-order valence-corrected chi connectivity index (χ4v) is 3.59. The van der Waals surface area contributed by atoms with E-state index in [2.05, 4.69) is 27.4 Å². The molecule has 7 nitrogen and oxygen atoms in total. The number of aryl methyl sites for hydroxylation is 2. The van der Waals surface area contributed by atoms with Gasteiger partial charge in [-0.15, -0.1) is 5.10 Å². The predicted molar refractivity (Wildman–Crippen MR) is 110 cm³/mol. The van der Waals surface area contributed by atoms with Crippen LogP contribution in [0.2, 0.25) is 0 Å². The van der Waals surface area contributed by atoms with Crippen molar-refractivity contribution in [2.75, 3.05) is 0 Å². The Morgan fingerprint density at radius 3 is 3.03 bits per heavy atom. The van der Waals surface area contributed by atoms with Gasteiger partial charge in [0, 0.05) is 0 Å². The number of fused-ring (bicyclic) bond motifs is 1. The number of H-pyrrole nitrogens is 1. The van der Waals surface area contributed by atoms with Gasteiger partial charge < -0.3 is 13.6 Å². The highest BCUT2D eigenvalue weighted by Crippen LogP contribution is 2.26. The van der Waals surface area contributed by atoms with Crippen LogP contribution < -0.4 is 4.74 Å². The van der Waals surface area contributed by atoms with E-state index in [-0.39, 0.29) is 0 Å². The lowest BCUT2D eigenvalue weighted by atomic mass is 10.1. The molecule has 8 heteroatoms. The maximum Gasteiger partial charge on any atom is 0.219 e. The Kier molecular flexibility index (Phi) is 4.61. The monoisotopic (exact) mass is 406 g/mol. The third-order valence-electron chi connectivity index (χ3n) is 4.83. The minimum Gasteiger partial charge on any atom is -0.486 e. The number of hydrogen-bond donors (Lipinski definition) is 1. The molecule has 0 saturated heterocycles. The number of aromatic amines is 1. The van der Waals surface area contributed by atoms with Crippen LogP contribution in [-0.4, -0.2) is 21.1 Å². The van der Waals surface area contributed by atoms with Crippen LogP contribution in [0.25, 0.3) is 11.6 Å². The topological polar surface area (TPSA) is 81.5 Å². The Balaban J connectivity index is 1.28. The number of rotatable bonds is 6. The maximum atomic E-state index is 5.88. The van der Waals surface area contributed by atoms with Gasteiger partial charge in [0.1, 0.15) is 23.9 Å². The van der Waals surface area contributed by atoms with Crippen molar-refractivity contribution in [3.8, 4) is 17.3 Å². The average molecular weight is 406 g/mol. The zero-order valence-electron chi connectivity index (χ0n) is 15.5. The fourth-order valence-electron chi connectivity index (χ4n) is 3.41. The summed E-state index contributed by atoms with van der Waals surface area (Å²) >= 11 is 5.24. The minimum atomic E-state index is 0.357. The van der Waals surface area contributed by atoms with Crippen LogP contribution in [0, 0.1) is 4.77 Å². The van der Waals surface area contributed by atoms with Crippen molar-refractivity contribution >= 4 is 18.4 Å². The van der Waals surface area contributed by atoms with Gasteiger partial charge in [-0.05, 0) is 79.0 Å². The molecule has 5 rings (SSSR count). The van der Waals surface area contributed by atoms with E-state index in [1.54, 1.807) is 24.6 Å². The highest BCUT2D eigenvalue weighted by atomic mass is 32.1. The minimum absolute atomic E-state index is 0.357. The molecule has 29 heavy (non-hydrogen) atoms. The molecule has 0 amide bonds. The molecular formula is C21H18N4O3S. The molecule has 0 radical (unpaired) electrons. The first kappa shape index (κ1) is 17.7. The van der Waals surface area contributed by atoms with Gasteiger partial charge in [-0.2, -0.15) is 9.78 Å². The number of nitrogens with one attached hydrogen (secondary N) is 1. The number of nitrogens with zero attached hydrogens (tertiary/aromatic N) is 3. The van der Waals surface area contributed by atoms with Crippen LogP contribution in [0.15, 0.2) is 62.7 Å². The predicted octanol–water partition coefficient (Wildman–Crippen LogP) is 4.74. The van der Waals surface area contributed by atoms with E-state index >= 15 is 0 Å². The quantitative estimate of drug-likeness (QED) is 0.369. The SMILES string of the molecule is S=c1[nH]nc(-c2ccco2)n1/N=C/c1ccc(COc2ccc3c(c2)CCC3)o1. The lowest BCUT2D eigenvalue weighted by Gasteiger charge is -2.06. The van der Waals surface area contributed by atoms with Crippen LogP contribution in [0.3, 0.4) is 0 Å². The summed E-state index contributed by atoms with van der Waals surface area (Å²) in [4.78, 5) is 0. The molecule has 0 unspecified atom stereocenters. The number of aromatic nitrogens is 3. The number of benzene rings is 1. The molecule has 0 bridgehead atoms. The summed E-state index contributed by atoms with van der Waals surface area (Å²) in [5.74, 6) is 3.23. The molecular weight excluding hydrogens is 388 g/mol. The first-order valence-electron chi connectivity index (χ1n) is 9.35. The van der Waals surface area contributed by atoms with Crippen LogP contribution in [0.1, 0.15) is 29.1 Å². The van der Waals surface area contributed by atoms with Crippen molar-refractivity contribution in [3.63, 3.8) is 0 Å². The van der Waals surface area contributed by atoms with Crippen LogP contribution in [0.4, 0.5) is 0 Å². The molecule has 146 valence electrons. The second-order valence-electron chi connectivity index (χ2n) is 6.76. The lowest BCUT2D eigenvalue weighted by molar-refractivity contribution is 0.269. The molecule has 3 aromatic heterocycles. The molecule has 4 aromatic rings. The van der Waals surface area contributed by atoms with Gasteiger partial charge in [0.25, 0.3) is 0 Å². The normalized spacial score (nSPS) is 13.2. The lowest BCUT2D eigenvalue weighted by Crippen LogP contribution is -1.95. The van der Waals surface area contributed by atoms with Crippen molar-refractivity contribution in [1.29, 1.82) is 0 Å². The summed E-state index contributed by atoms with van der Waals surface area (Å²) < 4.78 is 18.9. The first-order chi connectivity index (χ1) is 14.3. The number of ether oxygens (including phenoxy) is 1. The van der Waals surface area contributed by atoms with E-state index in [0.717, 1.165) is 12.2 Å². The van der Waals surface area contributed by atoms with Gasteiger partial charge in [0.15, 0.2) is 5.76 Å². The van der Waals surface area contributed by atoms with Crippen molar-refractivity contribution in [2.45, 2.75) is 25.9 Å². The molecule has 0 spiro atoms. The van der Waals surface area contributed by atoms with Gasteiger partial charge in [0.05, 0.1) is 12.5 Å². The molecule has 1 aromatic carbocycles. The highest BCUT2D eigenvalue weighted by molar-refractivity contribution is 7.71. The van der Waals surface area contributed by atoms with Crippen molar-refractivity contribution < 1.29 is 13.6 Å². The standard InChI is InChI=1S/C21H18N4O3S/c29-21-24-23-20(19-5-2-10-26-19)25(21)22-12-17-8-9-18(28-17)13-27-16-7-6-14-3-1-4-15(14)11-16/h2,5-12H,1,3-4,13H2,(H,24,29)/b22-12+. The highest BCUT2D eigenvalue weighted by Gasteiger charge is 2.12. The zero-order valence-corrected chi connectivity index (χ0v) is 16.3. The van der Waals surface area contributed by atoms with Gasteiger partial charge in [-0.25, -0.2) is 5.10 Å².